The van der Waals surface area contributed by atoms with Gasteiger partial charge in [-0.3, -0.25) is 19.4 Å². The van der Waals surface area contributed by atoms with Crippen LogP contribution in [0, 0.1) is 0 Å². The van der Waals surface area contributed by atoms with Gasteiger partial charge in [0.05, 0.1) is 12.7 Å². The Morgan fingerprint density at radius 3 is 2.31 bits per heavy atom. The monoisotopic (exact) mass is 391 g/mol. The summed E-state index contributed by atoms with van der Waals surface area (Å²) in [5.74, 6) is -0.0728. The summed E-state index contributed by atoms with van der Waals surface area (Å²) in [6.45, 7) is 0. The summed E-state index contributed by atoms with van der Waals surface area (Å²) in [6.07, 6.45) is 2.09. The van der Waals surface area contributed by atoms with Crippen LogP contribution in [0.15, 0.2) is 64.8 Å². The number of aliphatic imine (C=N–C) groups is 1. The molecular weight excluding hydrogens is 370 g/mol. The molecule has 0 fully saturated rings. The highest BCUT2D eigenvalue weighted by atomic mass is 16.5. The van der Waals surface area contributed by atoms with Crippen molar-refractivity contribution < 1.29 is 19.1 Å². The van der Waals surface area contributed by atoms with Crippen LogP contribution in [0.25, 0.3) is 0 Å². The van der Waals surface area contributed by atoms with Crippen LogP contribution in [0.1, 0.15) is 22.3 Å². The molecule has 0 spiro atoms. The average molecular weight is 391 g/mol. The van der Waals surface area contributed by atoms with Crippen molar-refractivity contribution in [2.45, 2.75) is 12.8 Å². The van der Waals surface area contributed by atoms with Crippen LogP contribution in [0.5, 0.6) is 5.75 Å². The van der Waals surface area contributed by atoms with Gasteiger partial charge in [-0.2, -0.15) is 0 Å². The molecular formula is C22H21N3O4. The largest absolute Gasteiger partial charge is 0.497 e. The first kappa shape index (κ1) is 20.0. The van der Waals surface area contributed by atoms with E-state index >= 15 is 0 Å². The van der Waals surface area contributed by atoms with Gasteiger partial charge in [0.1, 0.15) is 11.4 Å². The summed E-state index contributed by atoms with van der Waals surface area (Å²) >= 11 is 0. The van der Waals surface area contributed by atoms with Crippen molar-refractivity contribution in [2.75, 3.05) is 19.5 Å². The SMILES string of the molecule is CNC(=O)C1=C(C(=O)Nc2ccc(CC(=O)c3ccc(OC)cc3)cc2)CC=N1. The van der Waals surface area contributed by atoms with Crippen molar-refractivity contribution in [3.63, 3.8) is 0 Å². The molecule has 7 nitrogen and oxygen atoms in total. The second-order valence-electron chi connectivity index (χ2n) is 6.40. The van der Waals surface area contributed by atoms with E-state index in [1.54, 1.807) is 55.6 Å². The van der Waals surface area contributed by atoms with Crippen molar-refractivity contribution in [2.24, 2.45) is 4.99 Å². The van der Waals surface area contributed by atoms with E-state index in [-0.39, 0.29) is 23.8 Å². The molecule has 2 aromatic carbocycles. The van der Waals surface area contributed by atoms with E-state index in [2.05, 4.69) is 15.6 Å². The first-order valence-corrected chi connectivity index (χ1v) is 9.07. The predicted molar refractivity (Wildman–Crippen MR) is 110 cm³/mol. The number of hydrogen-bond acceptors (Lipinski definition) is 5. The lowest BCUT2D eigenvalue weighted by atomic mass is 10.0. The topological polar surface area (TPSA) is 96.9 Å². The summed E-state index contributed by atoms with van der Waals surface area (Å²) in [7, 11) is 3.07. The standard InChI is InChI=1S/C22H21N3O4/c1-23-22(28)20-18(11-12-24-20)21(27)25-16-7-3-14(4-8-16)13-19(26)15-5-9-17(29-2)10-6-15/h3-10,12H,11,13H2,1-2H3,(H,23,28)(H,25,27). The van der Waals surface area contributed by atoms with Gasteiger partial charge >= 0.3 is 0 Å². The Morgan fingerprint density at radius 1 is 1.00 bits per heavy atom. The van der Waals surface area contributed by atoms with Crippen LogP contribution in [0.3, 0.4) is 0 Å². The van der Waals surface area contributed by atoms with Crippen LogP contribution < -0.4 is 15.4 Å². The Balaban J connectivity index is 1.63. The van der Waals surface area contributed by atoms with E-state index in [1.165, 1.54) is 13.3 Å². The second kappa shape index (κ2) is 8.97. The molecule has 2 aromatic rings. The van der Waals surface area contributed by atoms with Crippen molar-refractivity contribution in [1.82, 2.24) is 5.32 Å². The van der Waals surface area contributed by atoms with Crippen molar-refractivity contribution in [3.8, 4) is 5.75 Å². The number of carbonyl (C=O) groups is 3. The first-order valence-electron chi connectivity index (χ1n) is 9.07. The Morgan fingerprint density at radius 2 is 1.69 bits per heavy atom. The molecule has 0 saturated heterocycles. The molecule has 2 N–H and O–H groups in total. The molecule has 0 radical (unpaired) electrons. The quantitative estimate of drug-likeness (QED) is 0.709. The van der Waals surface area contributed by atoms with Gasteiger partial charge in [0.25, 0.3) is 11.8 Å². The maximum atomic E-state index is 12.5. The highest BCUT2D eigenvalue weighted by Crippen LogP contribution is 2.20. The highest BCUT2D eigenvalue weighted by molar-refractivity contribution is 6.13. The Hall–Kier alpha value is -3.74. The van der Waals surface area contributed by atoms with Crippen LogP contribution in [-0.2, 0) is 16.0 Å². The Bertz CT molecular complexity index is 990. The Kier molecular flexibility index (Phi) is 6.19. The molecule has 0 aliphatic carbocycles. The van der Waals surface area contributed by atoms with Gasteiger partial charge in [-0.05, 0) is 42.0 Å². The zero-order valence-corrected chi connectivity index (χ0v) is 16.2. The number of nitrogens with one attached hydrogen (secondary N) is 2. The van der Waals surface area contributed by atoms with E-state index in [9.17, 15) is 14.4 Å². The van der Waals surface area contributed by atoms with E-state index in [4.69, 9.17) is 4.74 Å². The minimum atomic E-state index is -0.392. The molecule has 1 aliphatic heterocycles. The molecule has 0 atom stereocenters. The fourth-order valence-corrected chi connectivity index (χ4v) is 2.89. The number of ketones is 1. The fourth-order valence-electron chi connectivity index (χ4n) is 2.89. The van der Waals surface area contributed by atoms with Gasteiger partial charge in [0.2, 0.25) is 0 Å². The van der Waals surface area contributed by atoms with E-state index in [0.29, 0.717) is 29.0 Å². The average Bonchev–Trinajstić information content (AvgIpc) is 3.24. The predicted octanol–water partition coefficient (Wildman–Crippen LogP) is 2.53. The third-order valence-corrected chi connectivity index (χ3v) is 4.51. The van der Waals surface area contributed by atoms with Crippen LogP contribution in [0.4, 0.5) is 5.69 Å². The number of nitrogens with zero attached hydrogens (tertiary/aromatic N) is 1. The molecule has 3 rings (SSSR count). The van der Waals surface area contributed by atoms with Crippen molar-refractivity contribution in [3.05, 3.63) is 70.9 Å². The number of rotatable bonds is 7. The number of carbonyl (C=O) groups excluding carboxylic acids is 3. The number of ether oxygens (including phenoxy) is 1. The zero-order valence-electron chi connectivity index (χ0n) is 16.2. The number of benzene rings is 2. The second-order valence-corrected chi connectivity index (χ2v) is 6.40. The van der Waals surface area contributed by atoms with Gasteiger partial charge < -0.3 is 15.4 Å². The van der Waals surface area contributed by atoms with Crippen molar-refractivity contribution in [1.29, 1.82) is 0 Å². The summed E-state index contributed by atoms with van der Waals surface area (Å²) in [4.78, 5) is 40.6. The number of Topliss-reactive ketones (excluding diaryl/α,β-unsaturated/α-hetero) is 1. The molecule has 1 aliphatic rings. The number of methoxy groups -OCH3 is 1. The molecule has 2 amide bonds. The lowest BCUT2D eigenvalue weighted by Gasteiger charge is -2.08. The molecule has 148 valence electrons. The van der Waals surface area contributed by atoms with E-state index in [1.807, 2.05) is 0 Å². The Labute approximate surface area is 168 Å². The van der Waals surface area contributed by atoms with Gasteiger partial charge in [0, 0.05) is 37.4 Å². The summed E-state index contributed by atoms with van der Waals surface area (Å²) in [5.41, 5.74) is 2.47. The molecule has 0 unspecified atom stereocenters. The summed E-state index contributed by atoms with van der Waals surface area (Å²) in [6, 6.07) is 14.0. The normalized spacial score (nSPS) is 12.6. The molecule has 1 heterocycles. The third-order valence-electron chi connectivity index (χ3n) is 4.51. The van der Waals surface area contributed by atoms with Crippen LogP contribution in [0.2, 0.25) is 0 Å². The maximum Gasteiger partial charge on any atom is 0.270 e. The minimum Gasteiger partial charge on any atom is -0.497 e. The van der Waals surface area contributed by atoms with Crippen LogP contribution >= 0.6 is 0 Å². The maximum absolute atomic E-state index is 12.5. The minimum absolute atomic E-state index is 0.00656. The first-order chi connectivity index (χ1) is 14.0. The van der Waals surface area contributed by atoms with Gasteiger partial charge in [-0.1, -0.05) is 12.1 Å². The fraction of sp³-hybridized carbons (Fsp3) is 0.182. The van der Waals surface area contributed by atoms with Gasteiger partial charge in [0.15, 0.2) is 5.78 Å². The van der Waals surface area contributed by atoms with Crippen LogP contribution in [-0.4, -0.2) is 38.0 Å². The van der Waals surface area contributed by atoms with E-state index in [0.717, 1.165) is 5.56 Å². The smallest absolute Gasteiger partial charge is 0.270 e. The van der Waals surface area contributed by atoms with E-state index < -0.39 is 5.91 Å². The summed E-state index contributed by atoms with van der Waals surface area (Å²) in [5, 5.41) is 5.23. The number of hydrogen-bond donors (Lipinski definition) is 2. The van der Waals surface area contributed by atoms with Crippen molar-refractivity contribution >= 4 is 29.5 Å². The molecule has 0 bridgehead atoms. The molecule has 29 heavy (non-hydrogen) atoms. The number of anilines is 1. The lowest BCUT2D eigenvalue weighted by molar-refractivity contribution is -0.118. The zero-order chi connectivity index (χ0) is 20.8. The molecule has 0 saturated carbocycles. The number of likely N-dealkylation sites (N-methyl/N-ethyl adjacent to an activating group) is 1. The molecule has 0 aromatic heterocycles. The van der Waals surface area contributed by atoms with Gasteiger partial charge in [-0.25, -0.2) is 0 Å². The third kappa shape index (κ3) is 4.76. The molecule has 7 heteroatoms. The van der Waals surface area contributed by atoms with Gasteiger partial charge in [-0.15, -0.1) is 0 Å². The number of amides is 2. The lowest BCUT2D eigenvalue weighted by Crippen LogP contribution is -2.23. The highest BCUT2D eigenvalue weighted by Gasteiger charge is 2.23. The summed E-state index contributed by atoms with van der Waals surface area (Å²) < 4.78 is 5.10.